The molecule has 0 heterocycles. The van der Waals surface area contributed by atoms with Crippen LogP contribution in [0.25, 0.3) is 0 Å². The van der Waals surface area contributed by atoms with Gasteiger partial charge in [-0.1, -0.05) is 51.9 Å². The Hall–Kier alpha value is -0.860. The van der Waals surface area contributed by atoms with E-state index in [-0.39, 0.29) is 5.91 Å². The van der Waals surface area contributed by atoms with Crippen LogP contribution in [0, 0.1) is 0 Å². The zero-order valence-corrected chi connectivity index (χ0v) is 12.5. The Labute approximate surface area is 118 Å². The molecule has 0 radical (unpaired) electrons. The smallest absolute Gasteiger partial charge is 0.240 e. The predicted molar refractivity (Wildman–Crippen MR) is 81.3 cm³/mol. The summed E-state index contributed by atoms with van der Waals surface area (Å²) in [7, 11) is 0. The third-order valence-corrected chi connectivity index (χ3v) is 3.78. The van der Waals surface area contributed by atoms with E-state index in [1.54, 1.807) is 0 Å². The Morgan fingerprint density at radius 3 is 2.32 bits per heavy atom. The third-order valence-electron chi connectivity index (χ3n) is 3.78. The molecule has 3 heteroatoms. The highest BCUT2D eigenvalue weighted by Crippen LogP contribution is 2.14. The molecule has 0 spiro atoms. The molecule has 1 rings (SSSR count). The van der Waals surface area contributed by atoms with Crippen LogP contribution in [0.1, 0.15) is 90.4 Å². The van der Waals surface area contributed by atoms with E-state index in [4.69, 9.17) is 0 Å². The average molecular weight is 266 g/mol. The van der Waals surface area contributed by atoms with Crippen molar-refractivity contribution in [2.75, 3.05) is 0 Å². The van der Waals surface area contributed by atoms with E-state index >= 15 is 0 Å². The van der Waals surface area contributed by atoms with Crippen molar-refractivity contribution in [1.29, 1.82) is 0 Å². The van der Waals surface area contributed by atoms with Crippen molar-refractivity contribution in [2.45, 2.75) is 90.4 Å². The molecule has 19 heavy (non-hydrogen) atoms. The molecule has 0 aromatic rings. The first-order valence-corrected chi connectivity index (χ1v) is 8.17. The Kier molecular flexibility index (Phi) is 9.38. The van der Waals surface area contributed by atoms with Crippen molar-refractivity contribution >= 4 is 11.6 Å². The number of unbranched alkanes of at least 4 members (excludes halogenated alkanes) is 5. The normalized spacial score (nSPS) is 15.9. The molecule has 1 aliphatic rings. The molecule has 0 aromatic heterocycles. The Bertz CT molecular complexity index is 264. The fourth-order valence-electron chi connectivity index (χ4n) is 2.51. The number of hydrogen-bond donors (Lipinski definition) is 1. The lowest BCUT2D eigenvalue weighted by atomic mass is 10.1. The minimum absolute atomic E-state index is 0.0900. The third kappa shape index (κ3) is 8.79. The maximum Gasteiger partial charge on any atom is 0.240 e. The molecular formula is C16H30N2O. The van der Waals surface area contributed by atoms with E-state index in [1.807, 2.05) is 0 Å². The van der Waals surface area contributed by atoms with E-state index in [1.165, 1.54) is 63.5 Å². The fourth-order valence-corrected chi connectivity index (χ4v) is 2.51. The highest BCUT2D eigenvalue weighted by Gasteiger charge is 2.06. The molecule has 0 atom stereocenters. The van der Waals surface area contributed by atoms with Gasteiger partial charge in [0.2, 0.25) is 5.91 Å². The van der Waals surface area contributed by atoms with Crippen molar-refractivity contribution in [3.63, 3.8) is 0 Å². The van der Waals surface area contributed by atoms with Crippen molar-refractivity contribution < 1.29 is 4.79 Å². The van der Waals surface area contributed by atoms with Crippen LogP contribution in [0.3, 0.4) is 0 Å². The average Bonchev–Trinajstić information content (AvgIpc) is 2.69. The molecule has 1 N–H and O–H groups in total. The van der Waals surface area contributed by atoms with Crippen LogP contribution in [0.5, 0.6) is 0 Å². The van der Waals surface area contributed by atoms with Gasteiger partial charge in [-0.25, -0.2) is 5.43 Å². The second kappa shape index (κ2) is 11.0. The van der Waals surface area contributed by atoms with Crippen molar-refractivity contribution in [2.24, 2.45) is 5.10 Å². The van der Waals surface area contributed by atoms with Crippen LogP contribution < -0.4 is 5.43 Å². The molecule has 0 saturated heterocycles. The standard InChI is InChI=1S/C16H30N2O/c1-2-3-4-5-6-11-14-16(19)18-17-15-12-9-7-8-10-13-15/h2-14H2,1H3,(H,18,19). The molecule has 0 aromatic carbocycles. The first kappa shape index (κ1) is 16.2. The number of carbonyl (C=O) groups is 1. The first-order valence-electron chi connectivity index (χ1n) is 8.17. The van der Waals surface area contributed by atoms with Crippen LogP contribution >= 0.6 is 0 Å². The van der Waals surface area contributed by atoms with Crippen LogP contribution in [0.2, 0.25) is 0 Å². The molecule has 0 aliphatic heterocycles. The lowest BCUT2D eigenvalue weighted by Gasteiger charge is -2.04. The minimum Gasteiger partial charge on any atom is -0.273 e. The largest absolute Gasteiger partial charge is 0.273 e. The summed E-state index contributed by atoms with van der Waals surface area (Å²) in [6.45, 7) is 2.22. The number of nitrogens with one attached hydrogen (secondary N) is 1. The highest BCUT2D eigenvalue weighted by molar-refractivity contribution is 5.86. The van der Waals surface area contributed by atoms with Gasteiger partial charge in [0.15, 0.2) is 0 Å². The van der Waals surface area contributed by atoms with Gasteiger partial charge in [0.25, 0.3) is 0 Å². The second-order valence-corrected chi connectivity index (χ2v) is 5.64. The molecule has 1 fully saturated rings. The van der Waals surface area contributed by atoms with Gasteiger partial charge in [0.05, 0.1) is 0 Å². The monoisotopic (exact) mass is 266 g/mol. The Morgan fingerprint density at radius 2 is 1.63 bits per heavy atom. The first-order chi connectivity index (χ1) is 9.33. The SMILES string of the molecule is CCCCCCCCC(=O)NN=C1CCCCCC1. The van der Waals surface area contributed by atoms with E-state index in [0.29, 0.717) is 6.42 Å². The molecular weight excluding hydrogens is 236 g/mol. The number of hydrogen-bond acceptors (Lipinski definition) is 2. The molecule has 110 valence electrons. The van der Waals surface area contributed by atoms with Gasteiger partial charge in [0, 0.05) is 12.1 Å². The molecule has 0 bridgehead atoms. The Morgan fingerprint density at radius 1 is 1.00 bits per heavy atom. The summed E-state index contributed by atoms with van der Waals surface area (Å²) in [5, 5.41) is 4.29. The molecule has 1 aliphatic carbocycles. The van der Waals surface area contributed by atoms with Crippen molar-refractivity contribution in [3.05, 3.63) is 0 Å². The van der Waals surface area contributed by atoms with Crippen LogP contribution in [-0.4, -0.2) is 11.6 Å². The zero-order chi connectivity index (χ0) is 13.8. The topological polar surface area (TPSA) is 41.5 Å². The molecule has 1 amide bonds. The summed E-state index contributed by atoms with van der Waals surface area (Å²) in [6.07, 6.45) is 15.2. The summed E-state index contributed by atoms with van der Waals surface area (Å²) in [4.78, 5) is 11.6. The summed E-state index contributed by atoms with van der Waals surface area (Å²) in [5.41, 5.74) is 3.92. The quantitative estimate of drug-likeness (QED) is 0.390. The van der Waals surface area contributed by atoms with Gasteiger partial charge in [0.1, 0.15) is 0 Å². The number of rotatable bonds is 8. The zero-order valence-electron chi connectivity index (χ0n) is 12.5. The van der Waals surface area contributed by atoms with E-state index in [0.717, 1.165) is 19.3 Å². The fraction of sp³-hybridized carbons (Fsp3) is 0.875. The van der Waals surface area contributed by atoms with Gasteiger partial charge in [-0.3, -0.25) is 4.79 Å². The lowest BCUT2D eigenvalue weighted by molar-refractivity contribution is -0.121. The molecule has 1 saturated carbocycles. The van der Waals surface area contributed by atoms with Crippen LogP contribution in [-0.2, 0) is 4.79 Å². The van der Waals surface area contributed by atoms with Crippen LogP contribution in [0.4, 0.5) is 0 Å². The van der Waals surface area contributed by atoms with Gasteiger partial charge in [-0.2, -0.15) is 5.10 Å². The van der Waals surface area contributed by atoms with E-state index < -0.39 is 0 Å². The van der Waals surface area contributed by atoms with Gasteiger partial charge in [-0.15, -0.1) is 0 Å². The number of hydrazone groups is 1. The minimum atomic E-state index is 0.0900. The van der Waals surface area contributed by atoms with Gasteiger partial charge >= 0.3 is 0 Å². The molecule has 3 nitrogen and oxygen atoms in total. The summed E-state index contributed by atoms with van der Waals surface area (Å²) < 4.78 is 0. The van der Waals surface area contributed by atoms with E-state index in [2.05, 4.69) is 17.5 Å². The maximum atomic E-state index is 11.6. The van der Waals surface area contributed by atoms with Gasteiger partial charge in [-0.05, 0) is 32.1 Å². The summed E-state index contributed by atoms with van der Waals surface area (Å²) in [6, 6.07) is 0. The van der Waals surface area contributed by atoms with Crippen molar-refractivity contribution in [3.8, 4) is 0 Å². The number of amides is 1. The predicted octanol–water partition coefficient (Wildman–Crippen LogP) is 4.56. The number of carbonyl (C=O) groups excluding carboxylic acids is 1. The Balaban J connectivity index is 2.05. The van der Waals surface area contributed by atoms with Crippen molar-refractivity contribution in [1.82, 2.24) is 5.43 Å². The highest BCUT2D eigenvalue weighted by atomic mass is 16.2. The van der Waals surface area contributed by atoms with Crippen LogP contribution in [0.15, 0.2) is 5.10 Å². The summed E-state index contributed by atoms with van der Waals surface area (Å²) in [5.74, 6) is 0.0900. The lowest BCUT2D eigenvalue weighted by Crippen LogP contribution is -2.19. The maximum absolute atomic E-state index is 11.6. The second-order valence-electron chi connectivity index (χ2n) is 5.64. The van der Waals surface area contributed by atoms with Gasteiger partial charge < -0.3 is 0 Å². The van der Waals surface area contributed by atoms with E-state index in [9.17, 15) is 4.79 Å². The summed E-state index contributed by atoms with van der Waals surface area (Å²) >= 11 is 0. The number of nitrogens with zero attached hydrogens (tertiary/aromatic N) is 1. The molecule has 0 unspecified atom stereocenters.